The maximum Gasteiger partial charge on any atom is 0.410 e. The minimum absolute atomic E-state index is 0.125. The molecule has 1 atom stereocenters. The predicted octanol–water partition coefficient (Wildman–Crippen LogP) is 5.48. The summed E-state index contributed by atoms with van der Waals surface area (Å²) in [5, 5.41) is 5.47. The van der Waals surface area contributed by atoms with E-state index in [0.29, 0.717) is 32.9 Å². The number of aromatic nitrogens is 4. The molecule has 40 heavy (non-hydrogen) atoms. The number of fused-ring (bicyclic) bond motifs is 1. The fourth-order valence-corrected chi connectivity index (χ4v) is 5.92. The third-order valence-electron chi connectivity index (χ3n) is 7.64. The number of hydrogen-bond acceptors (Lipinski definition) is 7. The molecule has 0 saturated carbocycles. The highest BCUT2D eigenvalue weighted by Crippen LogP contribution is 2.30. The highest BCUT2D eigenvalue weighted by Gasteiger charge is 2.30. The molecule has 0 radical (unpaired) electrons. The van der Waals surface area contributed by atoms with Crippen LogP contribution in [0.15, 0.2) is 29.2 Å². The zero-order valence-corrected chi connectivity index (χ0v) is 25.0. The molecule has 0 aliphatic carbocycles. The lowest BCUT2D eigenvalue weighted by Crippen LogP contribution is -2.46. The van der Waals surface area contributed by atoms with Gasteiger partial charge in [0.15, 0.2) is 5.52 Å². The first-order valence-corrected chi connectivity index (χ1v) is 14.6. The Kier molecular flexibility index (Phi) is 8.31. The number of amides is 1. The average molecular weight is 591 g/mol. The van der Waals surface area contributed by atoms with Gasteiger partial charge in [0.05, 0.1) is 22.3 Å². The third-order valence-corrected chi connectivity index (χ3v) is 8.38. The topological polar surface area (TPSA) is 99.6 Å². The standard InChI is InChI=1S/C28H37Cl2N7O3/c1-28(2,3)40-27(39)36-11-5-6-18(17-36)16-35-12-9-19(10-13-35)37-24-23(15-31-37)32-26(33-25(24)38)34(4)20-7-8-21(29)22(30)14-20/h7-8,14-15,18-19H,5-6,9-13,16-17H2,1-4H3,(H,32,33,38). The van der Waals surface area contributed by atoms with Gasteiger partial charge in [-0.2, -0.15) is 5.10 Å². The maximum atomic E-state index is 13.2. The van der Waals surface area contributed by atoms with Gasteiger partial charge in [-0.25, -0.2) is 9.78 Å². The van der Waals surface area contributed by atoms with Crippen LogP contribution in [0.25, 0.3) is 11.0 Å². The van der Waals surface area contributed by atoms with Crippen LogP contribution in [-0.4, -0.2) is 81.0 Å². The van der Waals surface area contributed by atoms with Gasteiger partial charge in [-0.15, -0.1) is 0 Å². The zero-order valence-electron chi connectivity index (χ0n) is 23.5. The number of benzene rings is 1. The number of nitrogens with zero attached hydrogens (tertiary/aromatic N) is 6. The molecular formula is C28H37Cl2N7O3. The van der Waals surface area contributed by atoms with Crippen LogP contribution in [0.2, 0.25) is 10.0 Å². The number of halogens is 2. The Labute approximate surface area is 244 Å². The van der Waals surface area contributed by atoms with E-state index in [1.54, 1.807) is 23.2 Å². The number of likely N-dealkylation sites (tertiary alicyclic amines) is 2. The molecule has 2 aliphatic rings. The number of H-pyrrole nitrogens is 1. The molecule has 1 unspecified atom stereocenters. The SMILES string of the molecule is CN(c1ccc(Cl)c(Cl)c1)c1nc2cnn(C3CCN(CC4CCCN(C(=O)OC(C)(C)C)C4)CC3)c2c(=O)[nH]1. The predicted molar refractivity (Wildman–Crippen MR) is 158 cm³/mol. The number of hydrogen-bond donors (Lipinski definition) is 1. The van der Waals surface area contributed by atoms with Gasteiger partial charge in [-0.3, -0.25) is 14.5 Å². The van der Waals surface area contributed by atoms with E-state index in [1.165, 1.54) is 0 Å². The van der Waals surface area contributed by atoms with Gasteiger partial charge < -0.3 is 19.4 Å². The van der Waals surface area contributed by atoms with Gasteiger partial charge in [-0.05, 0) is 70.6 Å². The van der Waals surface area contributed by atoms with Gasteiger partial charge in [-0.1, -0.05) is 23.2 Å². The molecule has 2 fully saturated rings. The molecule has 10 nitrogen and oxygen atoms in total. The van der Waals surface area contributed by atoms with Crippen molar-refractivity contribution in [2.24, 2.45) is 5.92 Å². The van der Waals surface area contributed by atoms with Crippen molar-refractivity contribution in [2.75, 3.05) is 44.7 Å². The molecule has 1 aromatic carbocycles. The molecule has 5 rings (SSSR count). The largest absolute Gasteiger partial charge is 0.444 e. The first-order valence-electron chi connectivity index (χ1n) is 13.8. The molecule has 1 N–H and O–H groups in total. The normalized spacial score (nSPS) is 19.2. The fraction of sp³-hybridized carbons (Fsp3) is 0.571. The summed E-state index contributed by atoms with van der Waals surface area (Å²) in [7, 11) is 1.81. The van der Waals surface area contributed by atoms with E-state index in [1.807, 2.05) is 43.5 Å². The summed E-state index contributed by atoms with van der Waals surface area (Å²) in [6.07, 6.45) is 5.34. The minimum atomic E-state index is -0.484. The highest BCUT2D eigenvalue weighted by molar-refractivity contribution is 6.42. The van der Waals surface area contributed by atoms with Gasteiger partial charge in [0.2, 0.25) is 5.95 Å². The monoisotopic (exact) mass is 589 g/mol. The Morgan fingerprint density at radius 3 is 2.60 bits per heavy atom. The van der Waals surface area contributed by atoms with E-state index in [2.05, 4.69) is 20.0 Å². The van der Waals surface area contributed by atoms with Crippen LogP contribution in [-0.2, 0) is 4.74 Å². The smallest absolute Gasteiger partial charge is 0.410 e. The van der Waals surface area contributed by atoms with Gasteiger partial charge in [0.25, 0.3) is 5.56 Å². The first kappa shape index (κ1) is 28.7. The maximum absolute atomic E-state index is 13.2. The second-order valence-corrected chi connectivity index (χ2v) is 12.7. The van der Waals surface area contributed by atoms with E-state index in [0.717, 1.165) is 64.1 Å². The summed E-state index contributed by atoms with van der Waals surface area (Å²) in [6, 6.07) is 5.38. The molecule has 0 bridgehead atoms. The lowest BCUT2D eigenvalue weighted by molar-refractivity contribution is 0.0136. The Balaban J connectivity index is 1.21. The molecule has 2 aromatic heterocycles. The van der Waals surface area contributed by atoms with Gasteiger partial charge in [0, 0.05) is 45.5 Å². The summed E-state index contributed by atoms with van der Waals surface area (Å²) in [5.74, 6) is 0.833. The van der Waals surface area contributed by atoms with Crippen molar-refractivity contribution in [1.82, 2.24) is 29.5 Å². The summed E-state index contributed by atoms with van der Waals surface area (Å²) in [5.41, 5.74) is 1.09. The van der Waals surface area contributed by atoms with E-state index in [4.69, 9.17) is 27.9 Å². The average Bonchev–Trinajstić information content (AvgIpc) is 3.34. The number of anilines is 2. The van der Waals surface area contributed by atoms with Crippen molar-refractivity contribution in [3.05, 3.63) is 44.8 Å². The number of piperidine rings is 2. The van der Waals surface area contributed by atoms with Crippen molar-refractivity contribution in [3.8, 4) is 0 Å². The molecule has 4 heterocycles. The molecule has 216 valence electrons. The summed E-state index contributed by atoms with van der Waals surface area (Å²) in [4.78, 5) is 39.4. The minimum Gasteiger partial charge on any atom is -0.444 e. The Bertz CT molecular complexity index is 1430. The molecule has 12 heteroatoms. The van der Waals surface area contributed by atoms with E-state index in [9.17, 15) is 9.59 Å². The lowest BCUT2D eigenvalue weighted by atomic mass is 9.96. The highest BCUT2D eigenvalue weighted by atomic mass is 35.5. The fourth-order valence-electron chi connectivity index (χ4n) is 5.63. The third kappa shape index (κ3) is 6.39. The van der Waals surface area contributed by atoms with Crippen molar-refractivity contribution in [3.63, 3.8) is 0 Å². The van der Waals surface area contributed by atoms with Gasteiger partial charge in [0.1, 0.15) is 11.1 Å². The Hall–Kier alpha value is -2.82. The van der Waals surface area contributed by atoms with Crippen molar-refractivity contribution >= 4 is 52.0 Å². The van der Waals surface area contributed by atoms with Crippen molar-refractivity contribution in [1.29, 1.82) is 0 Å². The number of aromatic amines is 1. The van der Waals surface area contributed by atoms with Crippen LogP contribution in [0.4, 0.5) is 16.4 Å². The number of nitrogens with one attached hydrogen (secondary N) is 1. The van der Waals surface area contributed by atoms with E-state index in [-0.39, 0.29) is 17.7 Å². The van der Waals surface area contributed by atoms with E-state index >= 15 is 0 Å². The zero-order chi connectivity index (χ0) is 28.6. The van der Waals surface area contributed by atoms with Crippen LogP contribution >= 0.6 is 23.2 Å². The second-order valence-electron chi connectivity index (χ2n) is 11.8. The quantitative estimate of drug-likeness (QED) is 0.420. The molecule has 1 amide bonds. The van der Waals surface area contributed by atoms with Crippen LogP contribution in [0.3, 0.4) is 0 Å². The van der Waals surface area contributed by atoms with Crippen LogP contribution in [0, 0.1) is 5.92 Å². The Morgan fingerprint density at radius 2 is 1.90 bits per heavy atom. The summed E-state index contributed by atoms with van der Waals surface area (Å²) in [6.45, 7) is 9.98. The lowest BCUT2D eigenvalue weighted by Gasteiger charge is -2.38. The summed E-state index contributed by atoms with van der Waals surface area (Å²) < 4.78 is 7.42. The number of carbonyl (C=O) groups excluding carboxylic acids is 1. The molecule has 2 aliphatic heterocycles. The van der Waals surface area contributed by atoms with E-state index < -0.39 is 5.60 Å². The Morgan fingerprint density at radius 1 is 1.15 bits per heavy atom. The van der Waals surface area contributed by atoms with Crippen LogP contribution < -0.4 is 10.5 Å². The van der Waals surface area contributed by atoms with Crippen molar-refractivity contribution in [2.45, 2.75) is 58.1 Å². The summed E-state index contributed by atoms with van der Waals surface area (Å²) >= 11 is 12.2. The second kappa shape index (κ2) is 11.6. The van der Waals surface area contributed by atoms with Crippen LogP contribution in [0.1, 0.15) is 52.5 Å². The molecule has 0 spiro atoms. The van der Waals surface area contributed by atoms with Crippen molar-refractivity contribution < 1.29 is 9.53 Å². The molecule has 3 aromatic rings. The number of ether oxygens (including phenoxy) is 1. The molecular weight excluding hydrogens is 553 g/mol. The first-order chi connectivity index (χ1) is 19.0. The number of carbonyl (C=O) groups is 1. The van der Waals surface area contributed by atoms with Crippen LogP contribution in [0.5, 0.6) is 0 Å². The van der Waals surface area contributed by atoms with Gasteiger partial charge >= 0.3 is 6.09 Å². The molecule has 2 saturated heterocycles. The number of rotatable bonds is 5.